The summed E-state index contributed by atoms with van der Waals surface area (Å²) < 4.78 is 27.9. The van der Waals surface area contributed by atoms with E-state index in [-0.39, 0.29) is 0 Å². The number of nitrogens with one attached hydrogen (secondary N) is 1. The van der Waals surface area contributed by atoms with E-state index in [1.807, 2.05) is 6.92 Å². The Hall–Kier alpha value is -0.390. The summed E-state index contributed by atoms with van der Waals surface area (Å²) in [5.74, 6) is 0.703. The van der Waals surface area contributed by atoms with E-state index in [4.69, 9.17) is 0 Å². The zero-order valence-electron chi connectivity index (χ0n) is 11.2. The molecule has 0 aromatic heterocycles. The number of rotatable bonds is 5. The third-order valence-electron chi connectivity index (χ3n) is 3.76. The van der Waals surface area contributed by atoms with Gasteiger partial charge >= 0.3 is 0 Å². The van der Waals surface area contributed by atoms with Gasteiger partial charge in [-0.2, -0.15) is 0 Å². The molecule has 0 spiro atoms. The third-order valence-corrected chi connectivity index (χ3v) is 6.11. The van der Waals surface area contributed by atoms with E-state index in [9.17, 15) is 8.42 Å². The normalized spacial score (nSPS) is 16.9. The van der Waals surface area contributed by atoms with Crippen LogP contribution in [-0.4, -0.2) is 15.0 Å². The van der Waals surface area contributed by atoms with Crippen LogP contribution < -0.4 is 4.72 Å². The molecule has 19 heavy (non-hydrogen) atoms. The predicted molar refractivity (Wildman–Crippen MR) is 80.6 cm³/mol. The van der Waals surface area contributed by atoms with Crippen molar-refractivity contribution < 1.29 is 8.42 Å². The molecule has 1 N–H and O–H groups in total. The SMILES string of the molecule is Cc1cc(S(=O)(=O)NCCC2CCCC2)ccc1Br. The van der Waals surface area contributed by atoms with Crippen molar-refractivity contribution >= 4 is 26.0 Å². The van der Waals surface area contributed by atoms with Crippen LogP contribution >= 0.6 is 15.9 Å². The Morgan fingerprint density at radius 2 is 2.00 bits per heavy atom. The number of aryl methyl sites for hydroxylation is 1. The highest BCUT2D eigenvalue weighted by Crippen LogP contribution is 2.27. The first-order valence-corrected chi connectivity index (χ1v) is 9.02. The van der Waals surface area contributed by atoms with Crippen molar-refractivity contribution in [3.63, 3.8) is 0 Å². The summed E-state index contributed by atoms with van der Waals surface area (Å²) in [4.78, 5) is 0.347. The fraction of sp³-hybridized carbons (Fsp3) is 0.571. The lowest BCUT2D eigenvalue weighted by atomic mass is 10.1. The fourth-order valence-electron chi connectivity index (χ4n) is 2.56. The molecule has 1 fully saturated rings. The van der Waals surface area contributed by atoms with Gasteiger partial charge in [-0.1, -0.05) is 41.6 Å². The number of hydrogen-bond acceptors (Lipinski definition) is 2. The van der Waals surface area contributed by atoms with Gasteiger partial charge in [0.25, 0.3) is 0 Å². The van der Waals surface area contributed by atoms with Crippen LogP contribution in [-0.2, 0) is 10.0 Å². The molecule has 0 heterocycles. The third kappa shape index (κ3) is 4.04. The monoisotopic (exact) mass is 345 g/mol. The second-order valence-corrected chi connectivity index (χ2v) is 7.87. The molecule has 5 heteroatoms. The lowest BCUT2D eigenvalue weighted by Gasteiger charge is -2.11. The number of halogens is 1. The van der Waals surface area contributed by atoms with Crippen LogP contribution in [0.1, 0.15) is 37.7 Å². The maximum absolute atomic E-state index is 12.1. The Morgan fingerprint density at radius 3 is 2.63 bits per heavy atom. The molecule has 1 aliphatic carbocycles. The van der Waals surface area contributed by atoms with Crippen molar-refractivity contribution in [1.29, 1.82) is 0 Å². The fourth-order valence-corrected chi connectivity index (χ4v) is 3.94. The Balaban J connectivity index is 1.95. The van der Waals surface area contributed by atoms with Gasteiger partial charge in [-0.3, -0.25) is 0 Å². The van der Waals surface area contributed by atoms with Crippen LogP contribution in [0.3, 0.4) is 0 Å². The van der Waals surface area contributed by atoms with Crippen molar-refractivity contribution in [1.82, 2.24) is 4.72 Å². The maximum Gasteiger partial charge on any atom is 0.240 e. The van der Waals surface area contributed by atoms with Crippen LogP contribution in [0.5, 0.6) is 0 Å². The van der Waals surface area contributed by atoms with Gasteiger partial charge in [-0.25, -0.2) is 13.1 Å². The number of sulfonamides is 1. The summed E-state index contributed by atoms with van der Waals surface area (Å²) in [7, 11) is -3.36. The highest BCUT2D eigenvalue weighted by Gasteiger charge is 2.18. The molecule has 0 bridgehead atoms. The van der Waals surface area contributed by atoms with Crippen molar-refractivity contribution in [2.45, 2.75) is 43.9 Å². The molecule has 3 nitrogen and oxygen atoms in total. The topological polar surface area (TPSA) is 46.2 Å². The van der Waals surface area contributed by atoms with Crippen molar-refractivity contribution in [3.05, 3.63) is 28.2 Å². The quantitative estimate of drug-likeness (QED) is 0.885. The van der Waals surface area contributed by atoms with E-state index in [0.717, 1.165) is 16.5 Å². The molecule has 0 amide bonds. The van der Waals surface area contributed by atoms with Gasteiger partial charge in [-0.05, 0) is 43.0 Å². The minimum atomic E-state index is -3.36. The first kappa shape index (κ1) is 15.0. The summed E-state index contributed by atoms with van der Waals surface area (Å²) >= 11 is 3.38. The van der Waals surface area contributed by atoms with Crippen LogP contribution in [0, 0.1) is 12.8 Å². The van der Waals surface area contributed by atoms with Crippen molar-refractivity contribution in [3.8, 4) is 0 Å². The molecule has 1 aromatic carbocycles. The maximum atomic E-state index is 12.1. The zero-order chi connectivity index (χ0) is 13.9. The van der Waals surface area contributed by atoms with Gasteiger partial charge in [0.1, 0.15) is 0 Å². The molecule has 0 unspecified atom stereocenters. The van der Waals surface area contributed by atoms with Gasteiger partial charge in [-0.15, -0.1) is 0 Å². The molecule has 0 saturated heterocycles. The predicted octanol–water partition coefficient (Wildman–Crippen LogP) is 3.62. The molecule has 106 valence electrons. The molecular formula is C14H20BrNO2S. The Kier molecular flexibility index (Phi) is 5.03. The minimum absolute atomic E-state index is 0.347. The first-order valence-electron chi connectivity index (χ1n) is 6.75. The molecule has 0 radical (unpaired) electrons. The van der Waals surface area contributed by atoms with Crippen LogP contribution in [0.25, 0.3) is 0 Å². The molecule has 0 aliphatic heterocycles. The van der Waals surface area contributed by atoms with E-state index in [1.54, 1.807) is 18.2 Å². The van der Waals surface area contributed by atoms with E-state index in [2.05, 4.69) is 20.7 Å². The van der Waals surface area contributed by atoms with Gasteiger partial charge in [0, 0.05) is 11.0 Å². The number of hydrogen-bond donors (Lipinski definition) is 1. The van der Waals surface area contributed by atoms with E-state index in [1.165, 1.54) is 25.7 Å². The molecule has 1 aromatic rings. The molecule has 1 saturated carbocycles. The van der Waals surface area contributed by atoms with Crippen molar-refractivity contribution in [2.24, 2.45) is 5.92 Å². The van der Waals surface area contributed by atoms with E-state index in [0.29, 0.717) is 17.4 Å². The Bertz CT molecular complexity index is 536. The lowest BCUT2D eigenvalue weighted by Crippen LogP contribution is -2.26. The Labute approximate surface area is 124 Å². The molecular weight excluding hydrogens is 326 g/mol. The standard InChI is InChI=1S/C14H20BrNO2S/c1-11-10-13(6-7-14(11)15)19(17,18)16-9-8-12-4-2-3-5-12/h6-7,10,12,16H,2-5,8-9H2,1H3. The van der Waals surface area contributed by atoms with Crippen LogP contribution in [0.4, 0.5) is 0 Å². The average molecular weight is 346 g/mol. The number of benzene rings is 1. The highest BCUT2D eigenvalue weighted by atomic mass is 79.9. The van der Waals surface area contributed by atoms with E-state index < -0.39 is 10.0 Å². The van der Waals surface area contributed by atoms with Crippen LogP contribution in [0.2, 0.25) is 0 Å². The van der Waals surface area contributed by atoms with Gasteiger partial charge in [0.15, 0.2) is 0 Å². The molecule has 2 rings (SSSR count). The second-order valence-electron chi connectivity index (χ2n) is 5.25. The summed E-state index contributed by atoms with van der Waals surface area (Å²) in [6, 6.07) is 5.11. The van der Waals surface area contributed by atoms with Gasteiger partial charge < -0.3 is 0 Å². The summed E-state index contributed by atoms with van der Waals surface area (Å²) in [5.41, 5.74) is 0.929. The summed E-state index contributed by atoms with van der Waals surface area (Å²) in [5, 5.41) is 0. The summed E-state index contributed by atoms with van der Waals surface area (Å²) in [6.45, 7) is 2.43. The first-order chi connectivity index (χ1) is 8.99. The summed E-state index contributed by atoms with van der Waals surface area (Å²) in [6.07, 6.45) is 6.04. The van der Waals surface area contributed by atoms with Crippen LogP contribution in [0.15, 0.2) is 27.6 Å². The smallest absolute Gasteiger partial charge is 0.211 e. The minimum Gasteiger partial charge on any atom is -0.211 e. The van der Waals surface area contributed by atoms with Crippen molar-refractivity contribution in [2.75, 3.05) is 6.54 Å². The zero-order valence-corrected chi connectivity index (χ0v) is 13.6. The van der Waals surface area contributed by atoms with Gasteiger partial charge in [0.05, 0.1) is 4.90 Å². The van der Waals surface area contributed by atoms with E-state index >= 15 is 0 Å². The molecule has 1 aliphatic rings. The molecule has 0 atom stereocenters. The second kappa shape index (κ2) is 6.37. The van der Waals surface area contributed by atoms with Gasteiger partial charge in [0.2, 0.25) is 10.0 Å². The Morgan fingerprint density at radius 1 is 1.32 bits per heavy atom. The average Bonchev–Trinajstić information content (AvgIpc) is 2.85. The highest BCUT2D eigenvalue weighted by molar-refractivity contribution is 9.10. The largest absolute Gasteiger partial charge is 0.240 e. The lowest BCUT2D eigenvalue weighted by molar-refractivity contribution is 0.495.